The average molecular weight is 768 g/mol. The Kier molecular flexibility index (Phi) is 38.3. The second-order valence-electron chi connectivity index (χ2n) is 12.3. The van der Waals surface area contributed by atoms with E-state index in [2.05, 4.69) is 150 Å². The van der Waals surface area contributed by atoms with E-state index in [0.717, 1.165) is 89.9 Å². The van der Waals surface area contributed by atoms with E-state index in [-0.39, 0.29) is 26.2 Å². The van der Waals surface area contributed by atoms with Crippen molar-refractivity contribution in [1.82, 2.24) is 0 Å². The maximum atomic E-state index is 11.8. The average Bonchev–Trinajstić information content (AvgIpc) is 3.16. The Morgan fingerprint density at radius 3 is 1.30 bits per heavy atom. The molecule has 4 N–H and O–H groups in total. The van der Waals surface area contributed by atoms with E-state index < -0.39 is 26.5 Å². The lowest BCUT2D eigenvalue weighted by molar-refractivity contribution is -0.147. The minimum Gasteiger partial charge on any atom is -0.463 e. The Bertz CT molecular complexity index is 1270. The van der Waals surface area contributed by atoms with Crippen LogP contribution in [0.1, 0.15) is 110 Å². The van der Waals surface area contributed by atoms with Crippen molar-refractivity contribution >= 4 is 13.8 Å². The number of carbonyl (C=O) groups is 1. The highest BCUT2D eigenvalue weighted by Gasteiger charge is 2.22. The van der Waals surface area contributed by atoms with Crippen LogP contribution in [0.15, 0.2) is 134 Å². The second-order valence-corrected chi connectivity index (χ2v) is 13.7. The number of carbonyl (C=O) groups excluding carboxylic acids is 1. The van der Waals surface area contributed by atoms with Crippen molar-refractivity contribution in [3.05, 3.63) is 134 Å². The van der Waals surface area contributed by atoms with Gasteiger partial charge in [0, 0.05) is 13.0 Å². The van der Waals surface area contributed by atoms with Gasteiger partial charge in [0.1, 0.15) is 12.7 Å². The lowest BCUT2D eigenvalue weighted by Gasteiger charge is -2.15. The van der Waals surface area contributed by atoms with Crippen LogP contribution in [0.25, 0.3) is 0 Å². The van der Waals surface area contributed by atoms with E-state index in [1.807, 2.05) is 0 Å². The molecule has 302 valence electrons. The predicted octanol–water partition coefficient (Wildman–Crippen LogP) is 11.4. The number of rotatable bonds is 35. The molecule has 0 aliphatic rings. The number of ether oxygens (including phenoxy) is 1. The van der Waals surface area contributed by atoms with Crippen LogP contribution in [0.2, 0.25) is 0 Å². The summed E-state index contributed by atoms with van der Waals surface area (Å²) in [6.45, 7) is 1.27. The van der Waals surface area contributed by atoms with Crippen LogP contribution >= 0.6 is 7.82 Å². The highest BCUT2D eigenvalue weighted by Crippen LogP contribution is 2.42. The quantitative estimate of drug-likeness (QED) is 0.0252. The molecular formula is C45H70NO7P. The fourth-order valence-electron chi connectivity index (χ4n) is 4.40. The summed E-state index contributed by atoms with van der Waals surface area (Å²) in [5, 5.41) is 9.75. The van der Waals surface area contributed by atoms with Crippen molar-refractivity contribution in [1.29, 1.82) is 0 Å². The van der Waals surface area contributed by atoms with Gasteiger partial charge in [0.15, 0.2) is 0 Å². The largest absolute Gasteiger partial charge is 0.472 e. The van der Waals surface area contributed by atoms with E-state index in [1.165, 1.54) is 0 Å². The number of aliphatic hydroxyl groups is 1. The topological polar surface area (TPSA) is 128 Å². The van der Waals surface area contributed by atoms with E-state index in [4.69, 9.17) is 10.5 Å². The third-order valence-electron chi connectivity index (χ3n) is 7.28. The number of allylic oxidation sites excluding steroid dienone is 22. The summed E-state index contributed by atoms with van der Waals surface area (Å²) in [6, 6.07) is 0. The molecule has 0 aliphatic carbocycles. The number of phosphoric acid groups is 1. The summed E-state index contributed by atoms with van der Waals surface area (Å²) in [4.78, 5) is 21.2. The first-order valence-electron chi connectivity index (χ1n) is 19.7. The Morgan fingerprint density at radius 2 is 0.926 bits per heavy atom. The smallest absolute Gasteiger partial charge is 0.463 e. The van der Waals surface area contributed by atoms with Crippen molar-refractivity contribution in [2.24, 2.45) is 5.73 Å². The summed E-state index contributed by atoms with van der Waals surface area (Å²) in [5.74, 6) is -0.424. The molecule has 54 heavy (non-hydrogen) atoms. The first-order valence-corrected chi connectivity index (χ1v) is 21.2. The van der Waals surface area contributed by atoms with Gasteiger partial charge in [-0.2, -0.15) is 0 Å². The first-order chi connectivity index (χ1) is 26.4. The third-order valence-corrected chi connectivity index (χ3v) is 8.27. The standard InChI is InChI=1S/C45H70NO7P/c1-2-3-4-5-6-7-8-9-10-11-12-13-14-15-16-17-18-19-20-21-22-23-24-25-26-27-28-29-30-31-32-33-34-35-36-37-38-39-45(48)51-42-44(47)43-53-54(49,50)52-41-40-46/h3-4,6-7,9-10,12-13,15-16,18-19,21-22,24-25,27-28,30-31,33-34,44,47H,2,5,8,11,14,17,20,23,26,29,32,35-43,46H2,1H3,(H,49,50)/b4-3-,7-6-,10-9-,13-12-,16-15-,19-18-,22-21-,25-24-,28-27-,31-30-,34-33-. The van der Waals surface area contributed by atoms with E-state index >= 15 is 0 Å². The molecule has 9 heteroatoms. The van der Waals surface area contributed by atoms with Gasteiger partial charge in [0.25, 0.3) is 0 Å². The minimum absolute atomic E-state index is 0.0620. The van der Waals surface area contributed by atoms with Gasteiger partial charge < -0.3 is 20.5 Å². The number of nitrogens with two attached hydrogens (primary N) is 1. The lowest BCUT2D eigenvalue weighted by atomic mass is 10.1. The molecule has 0 rings (SSSR count). The Hall–Kier alpha value is -3.36. The lowest BCUT2D eigenvalue weighted by Crippen LogP contribution is -2.23. The fourth-order valence-corrected chi connectivity index (χ4v) is 5.17. The molecule has 0 bridgehead atoms. The third kappa shape index (κ3) is 41.4. The normalized spacial score (nSPS) is 15.0. The summed E-state index contributed by atoms with van der Waals surface area (Å²) in [5.41, 5.74) is 5.19. The van der Waals surface area contributed by atoms with Gasteiger partial charge in [-0.15, -0.1) is 0 Å². The molecule has 0 radical (unpaired) electrons. The molecule has 0 aromatic carbocycles. The van der Waals surface area contributed by atoms with Gasteiger partial charge >= 0.3 is 13.8 Å². The summed E-state index contributed by atoms with van der Waals surface area (Å²) >= 11 is 0. The van der Waals surface area contributed by atoms with Crippen LogP contribution in [0.3, 0.4) is 0 Å². The zero-order chi connectivity index (χ0) is 39.5. The van der Waals surface area contributed by atoms with Crippen molar-refractivity contribution in [2.45, 2.75) is 116 Å². The highest BCUT2D eigenvalue weighted by molar-refractivity contribution is 7.47. The molecule has 0 aromatic heterocycles. The zero-order valence-corrected chi connectivity index (χ0v) is 33.8. The molecule has 0 spiro atoms. The molecule has 0 aromatic rings. The van der Waals surface area contributed by atoms with Crippen molar-refractivity contribution in [3.63, 3.8) is 0 Å². The molecular weight excluding hydrogens is 697 g/mol. The molecule has 0 amide bonds. The van der Waals surface area contributed by atoms with Crippen molar-refractivity contribution < 1.29 is 33.1 Å². The number of phosphoric ester groups is 1. The monoisotopic (exact) mass is 767 g/mol. The molecule has 0 aliphatic heterocycles. The minimum atomic E-state index is -4.27. The Labute approximate surface area is 327 Å². The van der Waals surface area contributed by atoms with Crippen LogP contribution in [-0.4, -0.2) is 48.4 Å². The number of hydrogen-bond acceptors (Lipinski definition) is 7. The van der Waals surface area contributed by atoms with Crippen LogP contribution in [0.4, 0.5) is 0 Å². The van der Waals surface area contributed by atoms with Crippen molar-refractivity contribution in [2.75, 3.05) is 26.4 Å². The maximum Gasteiger partial charge on any atom is 0.472 e. The van der Waals surface area contributed by atoms with Gasteiger partial charge in [0.05, 0.1) is 13.2 Å². The van der Waals surface area contributed by atoms with Crippen LogP contribution in [-0.2, 0) is 23.1 Å². The Balaban J connectivity index is 3.66. The van der Waals surface area contributed by atoms with Gasteiger partial charge in [-0.3, -0.25) is 13.8 Å². The Morgan fingerprint density at radius 1 is 0.556 bits per heavy atom. The van der Waals surface area contributed by atoms with Crippen molar-refractivity contribution in [3.8, 4) is 0 Å². The van der Waals surface area contributed by atoms with Gasteiger partial charge in [-0.25, -0.2) is 4.57 Å². The molecule has 0 saturated carbocycles. The van der Waals surface area contributed by atoms with Gasteiger partial charge in [0.2, 0.25) is 0 Å². The molecule has 2 atom stereocenters. The van der Waals surface area contributed by atoms with Crippen LogP contribution in [0.5, 0.6) is 0 Å². The SMILES string of the molecule is CC/C=C\C/C=C\C/C=C\C/C=C\C/C=C\C/C=C\C/C=C\C/C=C\C/C=C\C/C=C\C/C=C\CCCCCC(=O)OCC(O)COP(=O)(O)OCCN. The highest BCUT2D eigenvalue weighted by atomic mass is 31.2. The summed E-state index contributed by atoms with van der Waals surface area (Å²) in [6.07, 6.45) is 61.9. The zero-order valence-electron chi connectivity index (χ0n) is 32.9. The second kappa shape index (κ2) is 40.8. The van der Waals surface area contributed by atoms with Gasteiger partial charge in [-0.1, -0.05) is 147 Å². The van der Waals surface area contributed by atoms with Gasteiger partial charge in [-0.05, 0) is 89.9 Å². The van der Waals surface area contributed by atoms with E-state index in [0.29, 0.717) is 6.42 Å². The molecule has 0 heterocycles. The fraction of sp³-hybridized carbons (Fsp3) is 0.489. The maximum absolute atomic E-state index is 11.8. The molecule has 0 saturated heterocycles. The summed E-state index contributed by atoms with van der Waals surface area (Å²) < 4.78 is 25.7. The predicted molar refractivity (Wildman–Crippen MR) is 228 cm³/mol. The van der Waals surface area contributed by atoms with E-state index in [9.17, 15) is 19.4 Å². The van der Waals surface area contributed by atoms with Crippen LogP contribution in [0, 0.1) is 0 Å². The number of aliphatic hydroxyl groups excluding tert-OH is 1. The number of esters is 1. The molecule has 2 unspecified atom stereocenters. The molecule has 8 nitrogen and oxygen atoms in total. The summed E-state index contributed by atoms with van der Waals surface area (Å²) in [7, 11) is -4.27. The number of hydrogen-bond donors (Lipinski definition) is 3. The van der Waals surface area contributed by atoms with E-state index in [1.54, 1.807) is 0 Å². The number of unbranched alkanes of at least 4 members (excludes halogenated alkanes) is 3. The van der Waals surface area contributed by atoms with Crippen LogP contribution < -0.4 is 5.73 Å². The molecule has 0 fully saturated rings. The first kappa shape index (κ1) is 50.6.